The number of hydrogen-bond acceptors (Lipinski definition) is 5. The van der Waals surface area contributed by atoms with E-state index in [4.69, 9.17) is 0 Å². The third kappa shape index (κ3) is 3.54. The highest BCUT2D eigenvalue weighted by atomic mass is 32.1. The van der Waals surface area contributed by atoms with Crippen LogP contribution in [0.2, 0.25) is 0 Å². The lowest BCUT2D eigenvalue weighted by Gasteiger charge is -2.36. The Morgan fingerprint density at radius 3 is 2.90 bits per heavy atom. The summed E-state index contributed by atoms with van der Waals surface area (Å²) in [6.45, 7) is 1.18. The SMILES string of the molecule is O=C(NCc1ccn[nH]1)[C@@]1(Cc2cscn2)CC2CCC1N2Cc1ccc(F)cc1. The van der Waals surface area contributed by atoms with E-state index in [2.05, 4.69) is 25.4 Å². The molecular formula is C22H24FN5OS. The summed E-state index contributed by atoms with van der Waals surface area (Å²) in [7, 11) is 0. The Morgan fingerprint density at radius 2 is 2.17 bits per heavy atom. The Kier molecular flexibility index (Phi) is 5.12. The van der Waals surface area contributed by atoms with E-state index in [1.54, 1.807) is 17.5 Å². The highest BCUT2D eigenvalue weighted by Crippen LogP contribution is 2.52. The molecule has 5 rings (SSSR count). The maximum Gasteiger partial charge on any atom is 0.228 e. The van der Waals surface area contributed by atoms with Gasteiger partial charge in [-0.2, -0.15) is 5.10 Å². The van der Waals surface area contributed by atoms with Crippen molar-refractivity contribution in [3.63, 3.8) is 0 Å². The number of fused-ring (bicyclic) bond motifs is 2. The maximum absolute atomic E-state index is 13.6. The zero-order chi connectivity index (χ0) is 20.6. The summed E-state index contributed by atoms with van der Waals surface area (Å²) in [6, 6.07) is 9.07. The van der Waals surface area contributed by atoms with Crippen molar-refractivity contribution in [2.45, 2.75) is 50.9 Å². The molecule has 0 radical (unpaired) electrons. The van der Waals surface area contributed by atoms with Crippen molar-refractivity contribution >= 4 is 17.2 Å². The van der Waals surface area contributed by atoms with E-state index in [-0.39, 0.29) is 17.8 Å². The van der Waals surface area contributed by atoms with E-state index in [9.17, 15) is 9.18 Å². The Hall–Kier alpha value is -2.58. The summed E-state index contributed by atoms with van der Waals surface area (Å²) < 4.78 is 13.3. The number of carbonyl (C=O) groups is 1. The summed E-state index contributed by atoms with van der Waals surface area (Å²) in [5.41, 5.74) is 4.27. The first kappa shape index (κ1) is 19.4. The molecule has 2 aromatic heterocycles. The van der Waals surface area contributed by atoms with Crippen LogP contribution in [-0.2, 0) is 24.3 Å². The van der Waals surface area contributed by atoms with Crippen LogP contribution in [0.4, 0.5) is 4.39 Å². The van der Waals surface area contributed by atoms with Crippen molar-refractivity contribution in [1.29, 1.82) is 0 Å². The fourth-order valence-electron chi connectivity index (χ4n) is 5.24. The summed E-state index contributed by atoms with van der Waals surface area (Å²) in [6.07, 6.45) is 5.25. The second-order valence-electron chi connectivity index (χ2n) is 8.33. The molecule has 3 atom stereocenters. The first-order valence-electron chi connectivity index (χ1n) is 10.3. The molecule has 156 valence electrons. The molecule has 2 aliphatic rings. The minimum Gasteiger partial charge on any atom is -0.350 e. The molecule has 2 fully saturated rings. The molecule has 1 aromatic carbocycles. The van der Waals surface area contributed by atoms with E-state index < -0.39 is 5.41 Å². The minimum atomic E-state index is -0.503. The quantitative estimate of drug-likeness (QED) is 0.609. The number of H-pyrrole nitrogens is 1. The molecule has 2 saturated heterocycles. The Balaban J connectivity index is 1.40. The average Bonchev–Trinajstić information content (AvgIpc) is 3.54. The van der Waals surface area contributed by atoms with Crippen LogP contribution in [0.3, 0.4) is 0 Å². The molecule has 0 spiro atoms. The van der Waals surface area contributed by atoms with Crippen LogP contribution in [0.5, 0.6) is 0 Å². The van der Waals surface area contributed by atoms with Gasteiger partial charge in [0, 0.05) is 36.6 Å². The number of halogens is 1. The fraction of sp³-hybridized carbons (Fsp3) is 0.409. The summed E-state index contributed by atoms with van der Waals surface area (Å²) in [4.78, 5) is 20.5. The number of thiazole rings is 1. The van der Waals surface area contributed by atoms with Crippen LogP contribution in [0.15, 0.2) is 47.4 Å². The summed E-state index contributed by atoms with van der Waals surface area (Å²) in [5.74, 6) is -0.138. The van der Waals surface area contributed by atoms with Gasteiger partial charge in [-0.3, -0.25) is 14.8 Å². The van der Waals surface area contributed by atoms with Crippen LogP contribution in [0, 0.1) is 11.2 Å². The third-order valence-electron chi connectivity index (χ3n) is 6.59. The average molecular weight is 426 g/mol. The lowest BCUT2D eigenvalue weighted by molar-refractivity contribution is -0.133. The van der Waals surface area contributed by atoms with Crippen LogP contribution >= 0.6 is 11.3 Å². The number of hydrogen-bond donors (Lipinski definition) is 2. The number of benzene rings is 1. The van der Waals surface area contributed by atoms with Gasteiger partial charge in [0.2, 0.25) is 5.91 Å². The first-order valence-corrected chi connectivity index (χ1v) is 11.2. The molecule has 4 heterocycles. The van der Waals surface area contributed by atoms with E-state index in [0.29, 0.717) is 19.0 Å². The van der Waals surface area contributed by atoms with Crippen LogP contribution in [0.25, 0.3) is 0 Å². The van der Waals surface area contributed by atoms with Crippen molar-refractivity contribution in [3.8, 4) is 0 Å². The molecule has 6 nitrogen and oxygen atoms in total. The van der Waals surface area contributed by atoms with Crippen LogP contribution < -0.4 is 5.32 Å². The van der Waals surface area contributed by atoms with E-state index in [1.807, 2.05) is 29.1 Å². The van der Waals surface area contributed by atoms with Crippen LogP contribution in [-0.4, -0.2) is 38.1 Å². The normalized spacial score (nSPS) is 25.6. The van der Waals surface area contributed by atoms with Gasteiger partial charge in [-0.05, 0) is 43.0 Å². The van der Waals surface area contributed by atoms with Crippen molar-refractivity contribution in [2.75, 3.05) is 0 Å². The number of nitrogens with zero attached hydrogens (tertiary/aromatic N) is 3. The highest BCUT2D eigenvalue weighted by molar-refractivity contribution is 7.07. The van der Waals surface area contributed by atoms with E-state index >= 15 is 0 Å². The van der Waals surface area contributed by atoms with Crippen LogP contribution in [0.1, 0.15) is 36.2 Å². The van der Waals surface area contributed by atoms with E-state index in [0.717, 1.165) is 42.8 Å². The van der Waals surface area contributed by atoms with Gasteiger partial charge in [-0.25, -0.2) is 9.37 Å². The van der Waals surface area contributed by atoms with Crippen molar-refractivity contribution < 1.29 is 9.18 Å². The molecule has 30 heavy (non-hydrogen) atoms. The Labute approximate surface area is 178 Å². The minimum absolute atomic E-state index is 0.0846. The lowest BCUT2D eigenvalue weighted by Crippen LogP contribution is -2.50. The van der Waals surface area contributed by atoms with E-state index in [1.165, 1.54) is 12.1 Å². The number of aromatic amines is 1. The monoisotopic (exact) mass is 425 g/mol. The third-order valence-corrected chi connectivity index (χ3v) is 7.22. The predicted octanol–water partition coefficient (Wildman–Crippen LogP) is 3.29. The van der Waals surface area contributed by atoms with Gasteiger partial charge in [-0.1, -0.05) is 12.1 Å². The summed E-state index contributed by atoms with van der Waals surface area (Å²) in [5, 5.41) is 12.1. The molecule has 3 aromatic rings. The second-order valence-corrected chi connectivity index (χ2v) is 9.05. The van der Waals surface area contributed by atoms with Crippen molar-refractivity contribution in [3.05, 3.63) is 70.2 Å². The van der Waals surface area contributed by atoms with Gasteiger partial charge in [0.15, 0.2) is 0 Å². The van der Waals surface area contributed by atoms with Gasteiger partial charge in [0.25, 0.3) is 0 Å². The first-order chi connectivity index (χ1) is 14.6. The fourth-order valence-corrected chi connectivity index (χ4v) is 5.80. The molecule has 2 aliphatic heterocycles. The van der Waals surface area contributed by atoms with Gasteiger partial charge < -0.3 is 5.32 Å². The second kappa shape index (κ2) is 7.92. The van der Waals surface area contributed by atoms with Gasteiger partial charge >= 0.3 is 0 Å². The predicted molar refractivity (Wildman–Crippen MR) is 112 cm³/mol. The molecule has 8 heteroatoms. The number of amides is 1. The number of carbonyl (C=O) groups excluding carboxylic acids is 1. The lowest BCUT2D eigenvalue weighted by atomic mass is 9.70. The molecule has 2 bridgehead atoms. The topological polar surface area (TPSA) is 73.9 Å². The molecule has 2 unspecified atom stereocenters. The molecule has 2 N–H and O–H groups in total. The van der Waals surface area contributed by atoms with Crippen molar-refractivity contribution in [1.82, 2.24) is 25.4 Å². The number of rotatable bonds is 7. The standard InChI is InChI=1S/C22H24FN5OS/c23-16-3-1-15(2-4-16)12-28-19-5-6-20(28)22(10-19,9-18-13-30-14-25-18)21(29)24-11-17-7-8-26-27-17/h1-4,7-8,13-14,19-20H,5-6,9-12H2,(H,24,29)(H,26,27)/t19?,20?,22-/m0/s1. The zero-order valence-electron chi connectivity index (χ0n) is 16.6. The zero-order valence-corrected chi connectivity index (χ0v) is 17.4. The van der Waals surface area contributed by atoms with Gasteiger partial charge in [0.1, 0.15) is 5.82 Å². The summed E-state index contributed by atoms with van der Waals surface area (Å²) >= 11 is 1.56. The number of aromatic nitrogens is 3. The van der Waals surface area contributed by atoms with Crippen molar-refractivity contribution in [2.24, 2.45) is 5.41 Å². The van der Waals surface area contributed by atoms with Gasteiger partial charge in [0.05, 0.1) is 28.9 Å². The van der Waals surface area contributed by atoms with Gasteiger partial charge in [-0.15, -0.1) is 11.3 Å². The molecule has 0 aliphatic carbocycles. The Morgan fingerprint density at radius 1 is 1.30 bits per heavy atom. The molecule has 1 amide bonds. The highest BCUT2D eigenvalue weighted by Gasteiger charge is 2.59. The molecule has 0 saturated carbocycles. The largest absolute Gasteiger partial charge is 0.350 e. The molecular weight excluding hydrogens is 401 g/mol. The smallest absolute Gasteiger partial charge is 0.228 e. The maximum atomic E-state index is 13.6. The number of nitrogens with one attached hydrogen (secondary N) is 2. The Bertz CT molecular complexity index is 991.